The van der Waals surface area contributed by atoms with Crippen molar-refractivity contribution in [2.75, 3.05) is 0 Å². The molecule has 22 heavy (non-hydrogen) atoms. The van der Waals surface area contributed by atoms with Crippen molar-refractivity contribution < 1.29 is 0 Å². The molecule has 0 aliphatic heterocycles. The minimum atomic E-state index is 0.893. The summed E-state index contributed by atoms with van der Waals surface area (Å²) < 4.78 is 3.28. The lowest BCUT2D eigenvalue weighted by atomic mass is 10.1. The number of nitrogens with zero attached hydrogens (tertiary/aromatic N) is 3. The van der Waals surface area contributed by atoms with Gasteiger partial charge in [-0.05, 0) is 30.2 Å². The number of thiazole rings is 1. The van der Waals surface area contributed by atoms with Gasteiger partial charge in [-0.3, -0.25) is 0 Å². The zero-order chi connectivity index (χ0) is 15.4. The fraction of sp³-hybridized carbons (Fsp3) is 0.111. The first-order valence-corrected chi connectivity index (χ1v) is 7.91. The number of aryl methyl sites for hydroxylation is 1. The lowest BCUT2D eigenvalue weighted by molar-refractivity contribution is 0.889. The molecule has 3 aromatic rings. The summed E-state index contributed by atoms with van der Waals surface area (Å²) in [6.45, 7) is 2.02. The molecule has 4 heteroatoms. The van der Waals surface area contributed by atoms with Crippen LogP contribution in [0.5, 0.6) is 0 Å². The highest BCUT2D eigenvalue weighted by Crippen LogP contribution is 2.15. The second-order valence-electron chi connectivity index (χ2n) is 5.05. The third-order valence-corrected chi connectivity index (χ3v) is 4.42. The van der Waals surface area contributed by atoms with E-state index >= 15 is 0 Å². The minimum absolute atomic E-state index is 0.893. The van der Waals surface area contributed by atoms with E-state index < -0.39 is 0 Å². The van der Waals surface area contributed by atoms with Crippen LogP contribution in [0, 0.1) is 0 Å². The average molecular weight is 307 g/mol. The van der Waals surface area contributed by atoms with Gasteiger partial charge in [0.2, 0.25) is 4.80 Å². The number of fused-ring (bicyclic) bond motifs is 1. The molecule has 0 saturated heterocycles. The summed E-state index contributed by atoms with van der Waals surface area (Å²) in [4.78, 5) is 0.893. The molecule has 3 rings (SSSR count). The summed E-state index contributed by atoms with van der Waals surface area (Å²) in [5.41, 5.74) is 3.41. The second-order valence-corrected chi connectivity index (χ2v) is 6.06. The van der Waals surface area contributed by atoms with Gasteiger partial charge in [0.25, 0.3) is 0 Å². The van der Waals surface area contributed by atoms with E-state index in [4.69, 9.17) is 0 Å². The normalized spacial score (nSPS) is 13.4. The zero-order valence-electron chi connectivity index (χ0n) is 12.6. The highest BCUT2D eigenvalue weighted by atomic mass is 32.1. The standard InChI is InChI=1S/C18H17N3S/c1-14(12-15-8-4-3-5-9-15)13-19-20-18-21(2)16-10-6-7-11-17(16)22-18/h3-13H,1-2H3/b14-12+,19-13+,20-18-. The van der Waals surface area contributed by atoms with Gasteiger partial charge in [-0.1, -0.05) is 59.9 Å². The molecule has 0 saturated carbocycles. The molecule has 0 aliphatic carbocycles. The highest BCUT2D eigenvalue weighted by Gasteiger charge is 2.00. The molecule has 0 fully saturated rings. The minimum Gasteiger partial charge on any atom is -0.318 e. The summed E-state index contributed by atoms with van der Waals surface area (Å²) in [7, 11) is 2.01. The van der Waals surface area contributed by atoms with Crippen LogP contribution in [0.1, 0.15) is 12.5 Å². The van der Waals surface area contributed by atoms with Crippen molar-refractivity contribution in [3.63, 3.8) is 0 Å². The third-order valence-electron chi connectivity index (χ3n) is 3.31. The maximum absolute atomic E-state index is 4.33. The lowest BCUT2D eigenvalue weighted by Gasteiger charge is -1.93. The van der Waals surface area contributed by atoms with Crippen molar-refractivity contribution in [2.45, 2.75) is 6.92 Å². The lowest BCUT2D eigenvalue weighted by Crippen LogP contribution is -2.08. The predicted octanol–water partition coefficient (Wildman–Crippen LogP) is 4.23. The molecule has 1 heterocycles. The van der Waals surface area contributed by atoms with Gasteiger partial charge >= 0.3 is 0 Å². The molecular weight excluding hydrogens is 290 g/mol. The molecule has 0 atom stereocenters. The maximum Gasteiger partial charge on any atom is 0.211 e. The molecule has 0 N–H and O–H groups in total. The number of benzene rings is 2. The monoisotopic (exact) mass is 307 g/mol. The Morgan fingerprint density at radius 1 is 1.05 bits per heavy atom. The van der Waals surface area contributed by atoms with Crippen molar-refractivity contribution in [1.82, 2.24) is 4.57 Å². The molecule has 0 bridgehead atoms. The Balaban J connectivity index is 1.86. The summed E-state index contributed by atoms with van der Waals surface area (Å²) in [6.07, 6.45) is 3.88. The zero-order valence-corrected chi connectivity index (χ0v) is 13.4. The summed E-state index contributed by atoms with van der Waals surface area (Å²) in [5, 5.41) is 8.55. The van der Waals surface area contributed by atoms with E-state index in [-0.39, 0.29) is 0 Å². The SMILES string of the molecule is CC(/C=N/N=c1\sc2ccccc2n1C)=C\c1ccccc1. The topological polar surface area (TPSA) is 29.6 Å². The van der Waals surface area contributed by atoms with E-state index in [2.05, 4.69) is 45.1 Å². The van der Waals surface area contributed by atoms with Crippen LogP contribution < -0.4 is 4.80 Å². The second kappa shape index (κ2) is 6.54. The molecule has 0 aliphatic rings. The Hall–Kier alpha value is -2.46. The smallest absolute Gasteiger partial charge is 0.211 e. The van der Waals surface area contributed by atoms with Gasteiger partial charge < -0.3 is 4.57 Å². The van der Waals surface area contributed by atoms with Gasteiger partial charge in [-0.25, -0.2) is 0 Å². The molecule has 1 aromatic heterocycles. The highest BCUT2D eigenvalue weighted by molar-refractivity contribution is 7.16. The largest absolute Gasteiger partial charge is 0.318 e. The van der Waals surface area contributed by atoms with Gasteiger partial charge in [0.1, 0.15) is 0 Å². The molecule has 0 radical (unpaired) electrons. The van der Waals surface area contributed by atoms with E-state index in [1.165, 1.54) is 15.8 Å². The van der Waals surface area contributed by atoms with E-state index in [1.807, 2.05) is 44.3 Å². The summed E-state index contributed by atoms with van der Waals surface area (Å²) in [6, 6.07) is 18.5. The van der Waals surface area contributed by atoms with Crippen LogP contribution in [-0.2, 0) is 7.05 Å². The van der Waals surface area contributed by atoms with Gasteiger partial charge in [-0.2, -0.15) is 5.10 Å². The van der Waals surface area contributed by atoms with Gasteiger partial charge in [-0.15, -0.1) is 5.10 Å². The summed E-state index contributed by atoms with van der Waals surface area (Å²) >= 11 is 1.64. The molecule has 0 amide bonds. The maximum atomic E-state index is 4.33. The number of hydrogen-bond donors (Lipinski definition) is 0. The Morgan fingerprint density at radius 3 is 2.55 bits per heavy atom. The van der Waals surface area contributed by atoms with E-state index in [0.29, 0.717) is 0 Å². The fourth-order valence-electron chi connectivity index (χ4n) is 2.20. The van der Waals surface area contributed by atoms with Crippen LogP contribution in [0.4, 0.5) is 0 Å². The quantitative estimate of drug-likeness (QED) is 0.512. The Kier molecular flexibility index (Phi) is 4.30. The van der Waals surface area contributed by atoms with Crippen molar-refractivity contribution in [3.05, 3.63) is 70.5 Å². The van der Waals surface area contributed by atoms with Crippen LogP contribution in [-0.4, -0.2) is 10.8 Å². The van der Waals surface area contributed by atoms with Crippen LogP contribution in [0.2, 0.25) is 0 Å². The first kappa shape index (κ1) is 14.5. The first-order valence-electron chi connectivity index (χ1n) is 7.09. The molecule has 0 spiro atoms. The van der Waals surface area contributed by atoms with Crippen molar-refractivity contribution >= 4 is 33.8 Å². The first-order chi connectivity index (χ1) is 10.7. The van der Waals surface area contributed by atoms with Crippen molar-refractivity contribution in [3.8, 4) is 0 Å². The number of hydrogen-bond acceptors (Lipinski definition) is 3. The molecule has 3 nitrogen and oxygen atoms in total. The van der Waals surface area contributed by atoms with Crippen LogP contribution >= 0.6 is 11.3 Å². The fourth-order valence-corrected chi connectivity index (χ4v) is 3.17. The average Bonchev–Trinajstić information content (AvgIpc) is 2.85. The van der Waals surface area contributed by atoms with E-state index in [0.717, 1.165) is 10.4 Å². The van der Waals surface area contributed by atoms with Crippen LogP contribution in [0.15, 0.2) is 70.4 Å². The third kappa shape index (κ3) is 3.23. The van der Waals surface area contributed by atoms with Gasteiger partial charge in [0.05, 0.1) is 16.4 Å². The molecule has 110 valence electrons. The molecule has 2 aromatic carbocycles. The van der Waals surface area contributed by atoms with E-state index in [9.17, 15) is 0 Å². The Bertz CT molecular complexity index is 899. The van der Waals surface area contributed by atoms with Crippen molar-refractivity contribution in [2.24, 2.45) is 17.3 Å². The van der Waals surface area contributed by atoms with Gasteiger partial charge in [0.15, 0.2) is 0 Å². The molecule has 0 unspecified atom stereocenters. The summed E-state index contributed by atoms with van der Waals surface area (Å²) in [5.74, 6) is 0. The van der Waals surface area contributed by atoms with Crippen molar-refractivity contribution in [1.29, 1.82) is 0 Å². The van der Waals surface area contributed by atoms with Crippen LogP contribution in [0.3, 0.4) is 0 Å². The number of aromatic nitrogens is 1. The number of para-hydroxylation sites is 1. The van der Waals surface area contributed by atoms with E-state index in [1.54, 1.807) is 17.6 Å². The Morgan fingerprint density at radius 2 is 1.77 bits per heavy atom. The molecular formula is C18H17N3S. The Labute approximate surface area is 133 Å². The number of rotatable bonds is 3. The predicted molar refractivity (Wildman–Crippen MR) is 94.9 cm³/mol. The van der Waals surface area contributed by atoms with Gasteiger partial charge in [0, 0.05) is 7.05 Å². The number of allylic oxidation sites excluding steroid dienone is 1. The van der Waals surface area contributed by atoms with Crippen LogP contribution in [0.25, 0.3) is 16.3 Å².